The number of nitrogens with zero attached hydrogens (tertiary/aromatic N) is 8. The van der Waals surface area contributed by atoms with Crippen LogP contribution in [0.25, 0.3) is 11.6 Å². The van der Waals surface area contributed by atoms with Crippen LogP contribution in [0.15, 0.2) is 207 Å². The normalized spacial score (nSPS) is 14.6. The third-order valence-corrected chi connectivity index (χ3v) is 18.8. The fraction of sp³-hybridized carbons (Fsp3) is 0.182. The average molecular weight is 1310 g/mol. The second kappa shape index (κ2) is 28.7. The summed E-state index contributed by atoms with van der Waals surface area (Å²) < 4.78 is 41.1. The molecule has 4 aromatic heterocycles. The lowest BCUT2D eigenvalue weighted by Crippen LogP contribution is -2.71. The number of nitrogens with two attached hydrogens (primary N) is 1. The zero-order chi connectivity index (χ0) is 63.4. The molecule has 10 aromatic rings. The predicted octanol–water partition coefficient (Wildman–Crippen LogP) is 10.7. The molecular weight excluding hydrogens is 1250 g/mol. The molecule has 0 bridgehead atoms. The minimum absolute atomic E-state index is 0.0185. The lowest BCUT2D eigenvalue weighted by molar-refractivity contribution is -0.153. The Kier molecular flexibility index (Phi) is 19.3. The number of nitrogen functional groups attached to an aromatic ring is 1. The van der Waals surface area contributed by atoms with Crippen LogP contribution in [-0.4, -0.2) is 103 Å². The summed E-state index contributed by atoms with van der Waals surface area (Å²) in [5, 5.41) is 29.3. The molecule has 2 aliphatic rings. The molecule has 92 heavy (non-hydrogen) atoms. The fourth-order valence-electron chi connectivity index (χ4n) is 10.0. The summed E-state index contributed by atoms with van der Waals surface area (Å²) in [5.41, 5.74) is 11.0. The van der Waals surface area contributed by atoms with E-state index in [1.807, 2.05) is 140 Å². The minimum Gasteiger partial charge on any atom is -0.497 e. The Hall–Kier alpha value is -10.3. The van der Waals surface area contributed by atoms with Crippen LogP contribution in [0, 0.1) is 0 Å². The highest BCUT2D eigenvalue weighted by Gasteiger charge is 2.55. The first-order valence-electron chi connectivity index (χ1n) is 28.5. The highest BCUT2D eigenvalue weighted by molar-refractivity contribution is 8.02. The largest absolute Gasteiger partial charge is 0.497 e. The molecule has 26 heteroatoms. The van der Waals surface area contributed by atoms with E-state index in [2.05, 4.69) is 41.2 Å². The molecular formula is C66H57N11O11S4. The number of pyridine rings is 1. The maximum Gasteiger partial charge on any atom is 0.355 e. The van der Waals surface area contributed by atoms with Gasteiger partial charge in [-0.15, -0.1) is 43.5 Å². The molecule has 4 N–H and O–H groups in total. The molecule has 22 nitrogen and oxygen atoms in total. The van der Waals surface area contributed by atoms with Crippen LogP contribution >= 0.6 is 46.2 Å². The number of nitrogens with one attached hydrogen (secondary N) is 2. The fourth-order valence-corrected chi connectivity index (χ4v) is 13.9. The second-order valence-electron chi connectivity index (χ2n) is 20.4. The SMILES string of the molecule is COc1ccc(COC(=O)C2=C(CSc3nnc(N)s3)CS[C@@H]3[C@H](NC(=O)/C(=N\OCc4nnc(-c5cc(OCc6ccc(OC)cc6)c(OCc6ccc(OC)cc6)cn5)o4)c4csc(NC(c5ccccc5)(c5ccccc5)c5ccccc5)n4)C(=O)N23)cc1. The van der Waals surface area contributed by atoms with Crippen molar-refractivity contribution >= 4 is 80.0 Å². The van der Waals surface area contributed by atoms with Crippen LogP contribution in [-0.2, 0) is 55.9 Å². The number of oxime groups is 1. The van der Waals surface area contributed by atoms with E-state index in [1.54, 1.807) is 57.0 Å². The van der Waals surface area contributed by atoms with Crippen molar-refractivity contribution in [3.63, 3.8) is 0 Å². The van der Waals surface area contributed by atoms with Crippen LogP contribution in [0.5, 0.6) is 28.7 Å². The van der Waals surface area contributed by atoms with Crippen LogP contribution < -0.4 is 40.1 Å². The summed E-state index contributed by atoms with van der Waals surface area (Å²) in [5.74, 6) is 1.33. The van der Waals surface area contributed by atoms with Crippen LogP contribution in [0.4, 0.5) is 10.3 Å². The molecule has 2 atom stereocenters. The van der Waals surface area contributed by atoms with Crippen molar-refractivity contribution in [2.45, 2.75) is 47.7 Å². The van der Waals surface area contributed by atoms with Gasteiger partial charge in [0, 0.05) is 23.0 Å². The standard InChI is InChI=1S/C66H57N11O11S4/c1-81-47-25-19-40(20-26-47)33-84-52-31-50(68-32-53(52)85-34-41-21-27-48(82-2)28-22-41)59-73-72-54(88-59)36-87-76-55(51-39-90-64(69-51)71-66(44-13-7-4-8-14-44,45-15-9-5-10-16-45)46-17-11-6-12-18-46)58(78)70-56-60(79)77-57(62(80)86-35-42-23-29-49(83-3)30-24-42)43(37-89-61(56)77)38-91-65-75-74-63(67)92-65/h4-32,39,56,61H,33-38H2,1-3H3,(H2,67,74)(H,69,71)(H,70,78)/b76-55-/t56-,61-/m1/s1. The molecule has 0 radical (unpaired) electrons. The van der Waals surface area contributed by atoms with E-state index in [-0.39, 0.29) is 60.2 Å². The van der Waals surface area contributed by atoms with Crippen LogP contribution in [0.1, 0.15) is 45.0 Å². The van der Waals surface area contributed by atoms with Gasteiger partial charge in [-0.1, -0.05) is 156 Å². The Labute approximate surface area is 544 Å². The molecule has 466 valence electrons. The molecule has 0 unspecified atom stereocenters. The van der Waals surface area contributed by atoms with Gasteiger partial charge in [-0.2, -0.15) is 0 Å². The molecule has 2 aliphatic heterocycles. The van der Waals surface area contributed by atoms with Crippen molar-refractivity contribution < 1.29 is 52.1 Å². The van der Waals surface area contributed by atoms with E-state index in [4.69, 9.17) is 48.4 Å². The number of aromatic nitrogens is 6. The number of hydrogen-bond acceptors (Lipinski definition) is 24. The Balaban J connectivity index is 0.825. The quantitative estimate of drug-likeness (QED) is 0.0108. The number of rotatable bonds is 27. The van der Waals surface area contributed by atoms with Gasteiger partial charge in [-0.3, -0.25) is 14.5 Å². The molecule has 2 amide bonds. The van der Waals surface area contributed by atoms with E-state index < -0.39 is 41.3 Å². The maximum absolute atomic E-state index is 15.0. The van der Waals surface area contributed by atoms with Gasteiger partial charge in [0.1, 0.15) is 71.1 Å². The van der Waals surface area contributed by atoms with E-state index >= 15 is 4.79 Å². The zero-order valence-corrected chi connectivity index (χ0v) is 52.8. The van der Waals surface area contributed by atoms with Gasteiger partial charge in [0.2, 0.25) is 5.13 Å². The third-order valence-electron chi connectivity index (χ3n) is 14.7. The smallest absolute Gasteiger partial charge is 0.355 e. The molecule has 1 fully saturated rings. The summed E-state index contributed by atoms with van der Waals surface area (Å²) in [7, 11) is 4.77. The molecule has 12 rings (SSSR count). The Bertz CT molecular complexity index is 4160. The first-order chi connectivity index (χ1) is 45.0. The number of hydrogen-bond donors (Lipinski definition) is 3. The number of β-lactam (4-membered cyclic amide) rings is 1. The highest BCUT2D eigenvalue weighted by atomic mass is 32.2. The average Bonchev–Trinajstić information content (AvgIpc) is 0.795. The Morgan fingerprint density at radius 3 is 1.86 bits per heavy atom. The summed E-state index contributed by atoms with van der Waals surface area (Å²) in [6.45, 7) is -0.0932. The molecule has 0 saturated carbocycles. The number of methoxy groups -OCH3 is 3. The number of amides is 2. The lowest BCUT2D eigenvalue weighted by Gasteiger charge is -2.49. The number of benzene rings is 6. The third kappa shape index (κ3) is 14.0. The number of esters is 1. The molecule has 6 heterocycles. The summed E-state index contributed by atoms with van der Waals surface area (Å²) in [6.07, 6.45) is 1.51. The minimum atomic E-state index is -1.12. The number of carbonyl (C=O) groups is 3. The number of ether oxygens (including phenoxy) is 6. The predicted molar refractivity (Wildman–Crippen MR) is 348 cm³/mol. The molecule has 1 saturated heterocycles. The van der Waals surface area contributed by atoms with Crippen LogP contribution in [0.3, 0.4) is 0 Å². The highest BCUT2D eigenvalue weighted by Crippen LogP contribution is 2.44. The van der Waals surface area contributed by atoms with Gasteiger partial charge in [0.15, 0.2) is 33.3 Å². The molecule has 0 aliphatic carbocycles. The first-order valence-corrected chi connectivity index (χ1v) is 32.2. The van der Waals surface area contributed by atoms with Crippen molar-refractivity contribution in [1.82, 2.24) is 40.6 Å². The second-order valence-corrected chi connectivity index (χ2v) is 24.6. The monoisotopic (exact) mass is 1310 g/mol. The van der Waals surface area contributed by atoms with Crippen molar-refractivity contribution in [2.75, 3.05) is 43.9 Å². The lowest BCUT2D eigenvalue weighted by atomic mass is 9.77. The summed E-state index contributed by atoms with van der Waals surface area (Å²) in [6, 6.07) is 52.5. The van der Waals surface area contributed by atoms with Crippen molar-refractivity contribution in [1.29, 1.82) is 0 Å². The molecule has 0 spiro atoms. The Morgan fingerprint density at radius 2 is 1.29 bits per heavy atom. The number of anilines is 2. The number of thiazole rings is 1. The van der Waals surface area contributed by atoms with Gasteiger partial charge in [0.05, 0.1) is 27.5 Å². The number of fused-ring (bicyclic) bond motifs is 1. The zero-order valence-electron chi connectivity index (χ0n) is 49.5. The van der Waals surface area contributed by atoms with Crippen LogP contribution in [0.2, 0.25) is 0 Å². The topological polar surface area (TPSA) is 272 Å². The van der Waals surface area contributed by atoms with Gasteiger partial charge in [-0.05, 0) is 75.4 Å². The van der Waals surface area contributed by atoms with E-state index in [9.17, 15) is 9.59 Å². The van der Waals surface area contributed by atoms with E-state index in [0.717, 1.165) is 27.8 Å². The molecule has 6 aromatic carbocycles. The number of carbonyl (C=O) groups excluding carboxylic acids is 3. The van der Waals surface area contributed by atoms with Gasteiger partial charge in [0.25, 0.3) is 23.6 Å². The summed E-state index contributed by atoms with van der Waals surface area (Å²) >= 11 is 5.16. The van der Waals surface area contributed by atoms with Gasteiger partial charge < -0.3 is 54.0 Å². The maximum atomic E-state index is 15.0. The van der Waals surface area contributed by atoms with E-state index in [0.29, 0.717) is 60.2 Å². The number of thioether (sulfide) groups is 2. The Morgan fingerprint density at radius 1 is 0.717 bits per heavy atom. The van der Waals surface area contributed by atoms with Crippen molar-refractivity contribution in [3.05, 3.63) is 238 Å². The summed E-state index contributed by atoms with van der Waals surface area (Å²) in [4.78, 5) is 60.7. The van der Waals surface area contributed by atoms with Gasteiger partial charge >= 0.3 is 5.97 Å². The van der Waals surface area contributed by atoms with Gasteiger partial charge in [-0.25, -0.2) is 14.8 Å². The van der Waals surface area contributed by atoms with Crippen molar-refractivity contribution in [3.8, 4) is 40.3 Å². The van der Waals surface area contributed by atoms with Crippen molar-refractivity contribution in [2.24, 2.45) is 5.16 Å². The van der Waals surface area contributed by atoms with E-state index in [1.165, 1.54) is 57.3 Å². The first kappa shape index (κ1) is 61.9.